The Morgan fingerprint density at radius 3 is 2.94 bits per heavy atom. The number of likely N-dealkylation sites (tertiary alicyclic amines) is 1. The number of ether oxygens (including phenoxy) is 1. The van der Waals surface area contributed by atoms with E-state index in [0.717, 1.165) is 18.9 Å². The average Bonchev–Trinajstić information content (AvgIpc) is 2.30. The second-order valence-electron chi connectivity index (χ2n) is 4.63. The van der Waals surface area contributed by atoms with Crippen LogP contribution in [0.15, 0.2) is 0 Å². The van der Waals surface area contributed by atoms with Crippen LogP contribution >= 0.6 is 0 Å². The number of nitrogens with zero attached hydrogens (tertiary/aromatic N) is 1. The van der Waals surface area contributed by atoms with Gasteiger partial charge in [0.2, 0.25) is 0 Å². The molecule has 0 unspecified atom stereocenters. The highest BCUT2D eigenvalue weighted by molar-refractivity contribution is 5.69. The van der Waals surface area contributed by atoms with Crippen LogP contribution in [0.5, 0.6) is 0 Å². The first-order valence-electron chi connectivity index (χ1n) is 6.64. The van der Waals surface area contributed by atoms with Gasteiger partial charge in [-0.1, -0.05) is 13.3 Å². The Labute approximate surface area is 99.1 Å². The van der Waals surface area contributed by atoms with Crippen LogP contribution in [0.4, 0.5) is 0 Å². The molecule has 1 aliphatic heterocycles. The number of esters is 1. The van der Waals surface area contributed by atoms with Crippen LogP contribution in [0, 0.1) is 5.92 Å². The van der Waals surface area contributed by atoms with E-state index in [1.165, 1.54) is 32.4 Å². The molecule has 16 heavy (non-hydrogen) atoms. The fourth-order valence-corrected chi connectivity index (χ4v) is 2.37. The summed E-state index contributed by atoms with van der Waals surface area (Å²) in [5.74, 6) is 0.822. The summed E-state index contributed by atoms with van der Waals surface area (Å²) in [5, 5.41) is 0. The summed E-state index contributed by atoms with van der Waals surface area (Å²) >= 11 is 0. The third-order valence-electron chi connectivity index (χ3n) is 3.34. The van der Waals surface area contributed by atoms with Gasteiger partial charge in [0.05, 0.1) is 6.61 Å². The summed E-state index contributed by atoms with van der Waals surface area (Å²) < 4.78 is 4.92. The Bertz CT molecular complexity index is 206. The van der Waals surface area contributed by atoms with Gasteiger partial charge >= 0.3 is 5.97 Å². The van der Waals surface area contributed by atoms with E-state index >= 15 is 0 Å². The lowest BCUT2D eigenvalue weighted by Crippen LogP contribution is -2.36. The largest absolute Gasteiger partial charge is 0.466 e. The second kappa shape index (κ2) is 7.66. The molecule has 1 heterocycles. The van der Waals surface area contributed by atoms with Gasteiger partial charge in [-0.3, -0.25) is 4.79 Å². The first kappa shape index (κ1) is 13.5. The van der Waals surface area contributed by atoms with Gasteiger partial charge < -0.3 is 9.64 Å². The fraction of sp³-hybridized carbons (Fsp3) is 0.923. The van der Waals surface area contributed by atoms with Crippen LogP contribution in [0.3, 0.4) is 0 Å². The van der Waals surface area contributed by atoms with Crippen molar-refractivity contribution in [3.63, 3.8) is 0 Å². The van der Waals surface area contributed by atoms with E-state index in [2.05, 4.69) is 11.8 Å². The molecule has 0 aromatic rings. The third-order valence-corrected chi connectivity index (χ3v) is 3.34. The highest BCUT2D eigenvalue weighted by Gasteiger charge is 2.17. The van der Waals surface area contributed by atoms with Gasteiger partial charge in [0, 0.05) is 13.0 Å². The van der Waals surface area contributed by atoms with Crippen molar-refractivity contribution < 1.29 is 9.53 Å². The number of carbonyl (C=O) groups is 1. The van der Waals surface area contributed by atoms with Crippen molar-refractivity contribution in [2.45, 2.75) is 46.0 Å². The molecule has 1 aliphatic rings. The average molecular weight is 227 g/mol. The molecule has 0 aliphatic carbocycles. The normalized spacial score (nSPS) is 22.0. The van der Waals surface area contributed by atoms with Gasteiger partial charge in [-0.05, 0) is 45.2 Å². The van der Waals surface area contributed by atoms with Crippen molar-refractivity contribution in [1.82, 2.24) is 4.90 Å². The quantitative estimate of drug-likeness (QED) is 0.653. The van der Waals surface area contributed by atoms with Gasteiger partial charge in [0.25, 0.3) is 0 Å². The topological polar surface area (TPSA) is 29.5 Å². The van der Waals surface area contributed by atoms with Gasteiger partial charge in [-0.15, -0.1) is 0 Å². The summed E-state index contributed by atoms with van der Waals surface area (Å²) in [4.78, 5) is 13.7. The SMILES string of the molecule is CCOC(=O)CCCN1CCC[C@@H](CC)C1. The Kier molecular flexibility index (Phi) is 6.46. The van der Waals surface area contributed by atoms with E-state index in [-0.39, 0.29) is 5.97 Å². The molecule has 0 spiro atoms. The Hall–Kier alpha value is -0.570. The maximum absolute atomic E-state index is 11.2. The maximum Gasteiger partial charge on any atom is 0.305 e. The summed E-state index contributed by atoms with van der Waals surface area (Å²) in [6, 6.07) is 0. The molecule has 1 rings (SSSR count). The molecule has 3 heteroatoms. The molecule has 0 saturated carbocycles. The zero-order chi connectivity index (χ0) is 11.8. The predicted octanol–water partition coefficient (Wildman–Crippen LogP) is 2.45. The first-order chi connectivity index (χ1) is 7.76. The lowest BCUT2D eigenvalue weighted by molar-refractivity contribution is -0.143. The van der Waals surface area contributed by atoms with E-state index in [4.69, 9.17) is 4.74 Å². The first-order valence-corrected chi connectivity index (χ1v) is 6.64. The third kappa shape index (κ3) is 4.97. The predicted molar refractivity (Wildman–Crippen MR) is 65.3 cm³/mol. The maximum atomic E-state index is 11.2. The summed E-state index contributed by atoms with van der Waals surface area (Å²) in [7, 11) is 0. The van der Waals surface area contributed by atoms with Crippen LogP contribution in [0.2, 0.25) is 0 Å². The minimum atomic E-state index is -0.0495. The minimum Gasteiger partial charge on any atom is -0.466 e. The van der Waals surface area contributed by atoms with E-state index in [1.807, 2.05) is 6.92 Å². The van der Waals surface area contributed by atoms with Crippen LogP contribution in [-0.4, -0.2) is 37.1 Å². The van der Waals surface area contributed by atoms with Crippen molar-refractivity contribution in [2.75, 3.05) is 26.2 Å². The monoisotopic (exact) mass is 227 g/mol. The van der Waals surface area contributed by atoms with Crippen molar-refractivity contribution in [1.29, 1.82) is 0 Å². The highest BCUT2D eigenvalue weighted by Crippen LogP contribution is 2.19. The van der Waals surface area contributed by atoms with Gasteiger partial charge in [-0.25, -0.2) is 0 Å². The number of carbonyl (C=O) groups excluding carboxylic acids is 1. The van der Waals surface area contributed by atoms with Gasteiger partial charge in [-0.2, -0.15) is 0 Å². The standard InChI is InChI=1S/C13H25NO2/c1-3-12-7-5-9-14(11-12)10-6-8-13(15)16-4-2/h12H,3-11H2,1-2H3/t12-/m1/s1. The number of piperidine rings is 1. The molecule has 0 aromatic heterocycles. The van der Waals surface area contributed by atoms with Crippen molar-refractivity contribution in [2.24, 2.45) is 5.92 Å². The lowest BCUT2D eigenvalue weighted by Gasteiger charge is -2.32. The van der Waals surface area contributed by atoms with E-state index in [9.17, 15) is 4.79 Å². The van der Waals surface area contributed by atoms with Crippen molar-refractivity contribution >= 4 is 5.97 Å². The molecule has 0 aromatic carbocycles. The highest BCUT2D eigenvalue weighted by atomic mass is 16.5. The Morgan fingerprint density at radius 2 is 2.25 bits per heavy atom. The summed E-state index contributed by atoms with van der Waals surface area (Å²) in [6.45, 7) is 8.11. The van der Waals surface area contributed by atoms with Crippen LogP contribution in [0.1, 0.15) is 46.0 Å². The lowest BCUT2D eigenvalue weighted by atomic mass is 9.95. The Morgan fingerprint density at radius 1 is 1.44 bits per heavy atom. The second-order valence-corrected chi connectivity index (χ2v) is 4.63. The zero-order valence-electron chi connectivity index (χ0n) is 10.7. The van der Waals surface area contributed by atoms with Gasteiger partial charge in [0.1, 0.15) is 0 Å². The smallest absolute Gasteiger partial charge is 0.305 e. The molecule has 1 fully saturated rings. The molecule has 94 valence electrons. The number of hydrogen-bond acceptors (Lipinski definition) is 3. The molecule has 3 nitrogen and oxygen atoms in total. The van der Waals surface area contributed by atoms with Crippen molar-refractivity contribution in [3.05, 3.63) is 0 Å². The molecule has 0 amide bonds. The Balaban J connectivity index is 2.10. The number of hydrogen-bond donors (Lipinski definition) is 0. The van der Waals surface area contributed by atoms with E-state index < -0.39 is 0 Å². The molecular formula is C13H25NO2. The van der Waals surface area contributed by atoms with Gasteiger partial charge in [0.15, 0.2) is 0 Å². The fourth-order valence-electron chi connectivity index (χ4n) is 2.37. The van der Waals surface area contributed by atoms with Crippen LogP contribution in [-0.2, 0) is 9.53 Å². The molecule has 1 saturated heterocycles. The van der Waals surface area contributed by atoms with Crippen LogP contribution in [0.25, 0.3) is 0 Å². The van der Waals surface area contributed by atoms with E-state index in [0.29, 0.717) is 13.0 Å². The molecule has 0 bridgehead atoms. The molecule has 0 N–H and O–H groups in total. The minimum absolute atomic E-state index is 0.0495. The summed E-state index contributed by atoms with van der Waals surface area (Å²) in [6.07, 6.45) is 5.49. The van der Waals surface area contributed by atoms with Crippen LogP contribution < -0.4 is 0 Å². The van der Waals surface area contributed by atoms with Crippen molar-refractivity contribution in [3.8, 4) is 0 Å². The molecule has 1 atom stereocenters. The number of rotatable bonds is 6. The summed E-state index contributed by atoms with van der Waals surface area (Å²) in [5.41, 5.74) is 0. The molecule has 0 radical (unpaired) electrons. The zero-order valence-corrected chi connectivity index (χ0v) is 10.7. The van der Waals surface area contributed by atoms with E-state index in [1.54, 1.807) is 0 Å². The molecular weight excluding hydrogens is 202 g/mol.